The van der Waals surface area contributed by atoms with Gasteiger partial charge in [0.1, 0.15) is 17.6 Å². The number of carbonyl (C=O) groups is 1. The lowest BCUT2D eigenvalue weighted by molar-refractivity contribution is 0.0949. The predicted molar refractivity (Wildman–Crippen MR) is 76.7 cm³/mol. The first-order valence-electron chi connectivity index (χ1n) is 6.52. The van der Waals surface area contributed by atoms with Crippen LogP contribution in [0.2, 0.25) is 0 Å². The Morgan fingerprint density at radius 1 is 1.30 bits per heavy atom. The molecule has 1 heterocycles. The van der Waals surface area contributed by atoms with Gasteiger partial charge in [-0.25, -0.2) is 0 Å². The Morgan fingerprint density at radius 3 is 2.75 bits per heavy atom. The molecule has 2 aromatic rings. The lowest BCUT2D eigenvalue weighted by Crippen LogP contribution is -2.24. The third-order valence-electron chi connectivity index (χ3n) is 2.56. The smallest absolute Gasteiger partial charge is 0.254 e. The minimum Gasteiger partial charge on any atom is -0.488 e. The number of ether oxygens (including phenoxy) is 1. The molecule has 0 radical (unpaired) electrons. The topological polar surface area (TPSA) is 51.5 Å². The quantitative estimate of drug-likeness (QED) is 0.929. The Bertz CT molecular complexity index is 568. The molecule has 0 unspecified atom stereocenters. The van der Waals surface area contributed by atoms with Crippen molar-refractivity contribution in [3.05, 3.63) is 54.0 Å². The molecule has 106 valence electrons. The molecule has 0 atom stereocenters. The van der Waals surface area contributed by atoms with E-state index in [1.807, 2.05) is 45.0 Å². The average molecular weight is 273 g/mol. The highest BCUT2D eigenvalue weighted by molar-refractivity contribution is 5.93. The van der Waals surface area contributed by atoms with Gasteiger partial charge in [0, 0.05) is 6.54 Å². The molecule has 0 saturated heterocycles. The van der Waals surface area contributed by atoms with Crippen LogP contribution in [0.5, 0.6) is 5.75 Å². The molecule has 2 rings (SSSR count). The van der Waals surface area contributed by atoms with Gasteiger partial charge in [-0.05, 0) is 44.5 Å². The number of amides is 1. The molecule has 0 aliphatic rings. The van der Waals surface area contributed by atoms with Crippen LogP contribution in [0, 0.1) is 0 Å². The van der Waals surface area contributed by atoms with Crippen LogP contribution in [0.4, 0.5) is 0 Å². The SMILES string of the molecule is CC(C)(C)Oc1cccc(CNC(=O)c2ccoc2)c1. The van der Waals surface area contributed by atoms with Gasteiger partial charge in [-0.2, -0.15) is 0 Å². The van der Waals surface area contributed by atoms with Crippen LogP contribution >= 0.6 is 0 Å². The van der Waals surface area contributed by atoms with E-state index < -0.39 is 0 Å². The van der Waals surface area contributed by atoms with Crippen molar-refractivity contribution in [3.8, 4) is 5.75 Å². The van der Waals surface area contributed by atoms with Crippen LogP contribution in [0.3, 0.4) is 0 Å². The van der Waals surface area contributed by atoms with E-state index in [4.69, 9.17) is 9.15 Å². The maximum absolute atomic E-state index is 11.8. The van der Waals surface area contributed by atoms with Crippen molar-refractivity contribution in [2.24, 2.45) is 0 Å². The zero-order chi connectivity index (χ0) is 14.6. The molecule has 0 fully saturated rings. The highest BCUT2D eigenvalue weighted by atomic mass is 16.5. The Kier molecular flexibility index (Phi) is 4.13. The summed E-state index contributed by atoms with van der Waals surface area (Å²) in [5, 5.41) is 2.84. The molecule has 0 bridgehead atoms. The second-order valence-electron chi connectivity index (χ2n) is 5.56. The van der Waals surface area contributed by atoms with E-state index in [1.165, 1.54) is 12.5 Å². The first-order valence-corrected chi connectivity index (χ1v) is 6.52. The molecule has 0 spiro atoms. The highest BCUT2D eigenvalue weighted by Gasteiger charge is 2.12. The second-order valence-corrected chi connectivity index (χ2v) is 5.56. The maximum Gasteiger partial charge on any atom is 0.254 e. The van der Waals surface area contributed by atoms with Gasteiger partial charge >= 0.3 is 0 Å². The van der Waals surface area contributed by atoms with E-state index >= 15 is 0 Å². The van der Waals surface area contributed by atoms with Gasteiger partial charge < -0.3 is 14.5 Å². The number of hydrogen-bond acceptors (Lipinski definition) is 3. The summed E-state index contributed by atoms with van der Waals surface area (Å²) in [5.74, 6) is 0.647. The summed E-state index contributed by atoms with van der Waals surface area (Å²) in [5.41, 5.74) is 1.27. The molecular formula is C16H19NO3. The molecule has 20 heavy (non-hydrogen) atoms. The fourth-order valence-corrected chi connectivity index (χ4v) is 1.75. The third-order valence-corrected chi connectivity index (χ3v) is 2.56. The fourth-order valence-electron chi connectivity index (χ4n) is 1.75. The summed E-state index contributed by atoms with van der Waals surface area (Å²) in [6.45, 7) is 6.45. The van der Waals surface area contributed by atoms with Crippen LogP contribution in [-0.4, -0.2) is 11.5 Å². The van der Waals surface area contributed by atoms with E-state index in [0.29, 0.717) is 12.1 Å². The minimum atomic E-state index is -0.237. The molecule has 0 aliphatic heterocycles. The Labute approximate surface area is 118 Å². The van der Waals surface area contributed by atoms with Crippen LogP contribution < -0.4 is 10.1 Å². The summed E-state index contributed by atoms with van der Waals surface area (Å²) < 4.78 is 10.7. The van der Waals surface area contributed by atoms with Gasteiger partial charge in [0.25, 0.3) is 5.91 Å². The number of carbonyl (C=O) groups excluding carboxylic acids is 1. The number of hydrogen-bond donors (Lipinski definition) is 1. The number of nitrogens with one attached hydrogen (secondary N) is 1. The van der Waals surface area contributed by atoms with Crippen LogP contribution in [0.25, 0.3) is 0 Å². The largest absolute Gasteiger partial charge is 0.488 e. The third kappa shape index (κ3) is 4.16. The Balaban J connectivity index is 1.96. The van der Waals surface area contributed by atoms with Crippen LogP contribution in [0.15, 0.2) is 47.3 Å². The van der Waals surface area contributed by atoms with Crippen molar-refractivity contribution in [2.75, 3.05) is 0 Å². The first-order chi connectivity index (χ1) is 9.44. The number of furan rings is 1. The van der Waals surface area contributed by atoms with Crippen molar-refractivity contribution < 1.29 is 13.9 Å². The van der Waals surface area contributed by atoms with Crippen molar-refractivity contribution >= 4 is 5.91 Å². The molecular weight excluding hydrogens is 254 g/mol. The van der Waals surface area contributed by atoms with Crippen molar-refractivity contribution in [2.45, 2.75) is 32.9 Å². The van der Waals surface area contributed by atoms with E-state index in [9.17, 15) is 4.79 Å². The summed E-state index contributed by atoms with van der Waals surface area (Å²) >= 11 is 0. The van der Waals surface area contributed by atoms with Crippen molar-refractivity contribution in [1.82, 2.24) is 5.32 Å². The number of rotatable bonds is 4. The summed E-state index contributed by atoms with van der Waals surface area (Å²) in [4.78, 5) is 11.8. The van der Waals surface area contributed by atoms with Gasteiger partial charge in [-0.3, -0.25) is 4.79 Å². The zero-order valence-electron chi connectivity index (χ0n) is 12.0. The molecule has 0 aliphatic carbocycles. The molecule has 1 N–H and O–H groups in total. The van der Waals surface area contributed by atoms with Crippen molar-refractivity contribution in [3.63, 3.8) is 0 Å². The average Bonchev–Trinajstić information content (AvgIpc) is 2.88. The van der Waals surface area contributed by atoms with Crippen molar-refractivity contribution in [1.29, 1.82) is 0 Å². The zero-order valence-corrected chi connectivity index (χ0v) is 12.0. The predicted octanol–water partition coefficient (Wildman–Crippen LogP) is 3.39. The lowest BCUT2D eigenvalue weighted by atomic mass is 10.1. The normalized spacial score (nSPS) is 11.2. The standard InChI is InChI=1S/C16H19NO3/c1-16(2,3)20-14-6-4-5-12(9-14)10-17-15(18)13-7-8-19-11-13/h4-9,11H,10H2,1-3H3,(H,17,18). The minimum absolute atomic E-state index is 0.152. The molecule has 1 aromatic heterocycles. The molecule has 4 heteroatoms. The van der Waals surface area contributed by atoms with Crippen LogP contribution in [0.1, 0.15) is 36.7 Å². The van der Waals surface area contributed by atoms with E-state index in [0.717, 1.165) is 11.3 Å². The van der Waals surface area contributed by atoms with E-state index in [1.54, 1.807) is 6.07 Å². The summed E-state index contributed by atoms with van der Waals surface area (Å²) in [6.07, 6.45) is 2.90. The first kappa shape index (κ1) is 14.2. The van der Waals surface area contributed by atoms with Gasteiger partial charge in [-0.1, -0.05) is 12.1 Å². The van der Waals surface area contributed by atoms with E-state index in [2.05, 4.69) is 5.32 Å². The monoisotopic (exact) mass is 273 g/mol. The Hall–Kier alpha value is -2.23. The fraction of sp³-hybridized carbons (Fsp3) is 0.312. The van der Waals surface area contributed by atoms with Gasteiger partial charge in [0.2, 0.25) is 0 Å². The summed E-state index contributed by atoms with van der Waals surface area (Å²) in [7, 11) is 0. The molecule has 1 amide bonds. The lowest BCUT2D eigenvalue weighted by Gasteiger charge is -2.21. The number of benzene rings is 1. The van der Waals surface area contributed by atoms with Gasteiger partial charge in [-0.15, -0.1) is 0 Å². The van der Waals surface area contributed by atoms with Crippen LogP contribution in [-0.2, 0) is 6.54 Å². The highest BCUT2D eigenvalue weighted by Crippen LogP contribution is 2.19. The summed E-state index contributed by atoms with van der Waals surface area (Å²) in [6, 6.07) is 9.34. The molecule has 0 saturated carbocycles. The van der Waals surface area contributed by atoms with E-state index in [-0.39, 0.29) is 11.5 Å². The maximum atomic E-state index is 11.8. The van der Waals surface area contributed by atoms with Gasteiger partial charge in [0.15, 0.2) is 0 Å². The second kappa shape index (κ2) is 5.82. The van der Waals surface area contributed by atoms with Gasteiger partial charge in [0.05, 0.1) is 11.8 Å². The molecule has 4 nitrogen and oxygen atoms in total. The Morgan fingerprint density at radius 2 is 2.10 bits per heavy atom. The molecule has 1 aromatic carbocycles.